The van der Waals surface area contributed by atoms with Crippen LogP contribution in [0.3, 0.4) is 0 Å². The summed E-state index contributed by atoms with van der Waals surface area (Å²) in [7, 11) is -1.25. The maximum atomic E-state index is 11.7. The molecule has 3 heterocycles. The molecule has 2 N–H and O–H groups in total. The lowest BCUT2D eigenvalue weighted by atomic mass is 10.1. The minimum Gasteiger partial charge on any atom is -0.351 e. The number of piperidine rings is 1. The monoisotopic (exact) mass is 489 g/mol. The van der Waals surface area contributed by atoms with Gasteiger partial charge in [-0.3, -0.25) is 0 Å². The Morgan fingerprint density at radius 3 is 2.64 bits per heavy atom. The second kappa shape index (κ2) is 9.76. The first-order valence-electron chi connectivity index (χ1n) is 10.8. The van der Waals surface area contributed by atoms with Crippen LogP contribution in [-0.2, 0) is 16.6 Å². The first-order valence-corrected chi connectivity index (χ1v) is 13.0. The highest BCUT2D eigenvalue weighted by Gasteiger charge is 2.25. The summed E-state index contributed by atoms with van der Waals surface area (Å²) in [5.41, 5.74) is 4.48. The zero-order chi connectivity index (χ0) is 23.6. The number of halogens is 1. The number of anilines is 1. The van der Waals surface area contributed by atoms with Gasteiger partial charge in [0.1, 0.15) is 0 Å². The largest absolute Gasteiger partial charge is 0.351 e. The van der Waals surface area contributed by atoms with E-state index < -0.39 is 10.0 Å². The number of benzene rings is 1. The number of sulfonamides is 1. The Morgan fingerprint density at radius 1 is 1.21 bits per heavy atom. The second-order valence-electron chi connectivity index (χ2n) is 8.30. The Bertz CT molecular complexity index is 1240. The number of aromatic nitrogens is 4. The average molecular weight is 490 g/mol. The van der Waals surface area contributed by atoms with Gasteiger partial charge in [0.2, 0.25) is 16.0 Å². The van der Waals surface area contributed by atoms with Gasteiger partial charge in [0, 0.05) is 43.6 Å². The van der Waals surface area contributed by atoms with Crippen LogP contribution in [0.4, 0.5) is 5.95 Å². The van der Waals surface area contributed by atoms with Gasteiger partial charge in [-0.15, -0.1) is 0 Å². The predicted molar refractivity (Wildman–Crippen MR) is 130 cm³/mol. The van der Waals surface area contributed by atoms with Crippen LogP contribution >= 0.6 is 11.6 Å². The van der Waals surface area contributed by atoms with Crippen molar-refractivity contribution >= 4 is 27.6 Å². The summed E-state index contributed by atoms with van der Waals surface area (Å²) < 4.78 is 26.7. The van der Waals surface area contributed by atoms with Gasteiger partial charge in [-0.2, -0.15) is 5.10 Å². The first kappa shape index (κ1) is 23.6. The molecule has 0 saturated carbocycles. The molecule has 0 atom stereocenters. The van der Waals surface area contributed by atoms with E-state index in [1.807, 2.05) is 38.4 Å². The fraction of sp³-hybridized carbons (Fsp3) is 0.409. The number of nitrogens with one attached hydrogen (secondary N) is 2. The molecule has 1 aliphatic rings. The van der Waals surface area contributed by atoms with Gasteiger partial charge < -0.3 is 10.6 Å². The third kappa shape index (κ3) is 5.52. The molecule has 176 valence electrons. The van der Waals surface area contributed by atoms with E-state index in [4.69, 9.17) is 16.6 Å². The van der Waals surface area contributed by atoms with Crippen molar-refractivity contribution in [1.29, 1.82) is 0 Å². The van der Waals surface area contributed by atoms with Crippen molar-refractivity contribution in [3.05, 3.63) is 52.9 Å². The number of rotatable bonds is 7. The van der Waals surface area contributed by atoms with Gasteiger partial charge in [0.05, 0.1) is 28.9 Å². The zero-order valence-corrected chi connectivity index (χ0v) is 20.5. The van der Waals surface area contributed by atoms with Crippen molar-refractivity contribution in [2.24, 2.45) is 0 Å². The minimum absolute atomic E-state index is 0.121. The van der Waals surface area contributed by atoms with Gasteiger partial charge in [0.15, 0.2) is 0 Å². The van der Waals surface area contributed by atoms with Crippen molar-refractivity contribution in [2.45, 2.75) is 32.4 Å². The molecule has 1 aliphatic heterocycles. The van der Waals surface area contributed by atoms with E-state index in [1.165, 1.54) is 10.6 Å². The van der Waals surface area contributed by atoms with Crippen molar-refractivity contribution in [3.8, 4) is 16.9 Å². The molecular weight excluding hydrogens is 462 g/mol. The maximum Gasteiger partial charge on any atom is 0.223 e. The lowest BCUT2D eigenvalue weighted by Crippen LogP contribution is -2.42. The van der Waals surface area contributed by atoms with E-state index >= 15 is 0 Å². The topological polar surface area (TPSA) is 105 Å². The number of aryl methyl sites for hydroxylation is 1. The summed E-state index contributed by atoms with van der Waals surface area (Å²) in [5, 5.41) is 11.6. The lowest BCUT2D eigenvalue weighted by molar-refractivity contribution is 0.331. The van der Waals surface area contributed by atoms with Crippen molar-refractivity contribution in [3.63, 3.8) is 0 Å². The van der Waals surface area contributed by atoms with Crippen LogP contribution in [0, 0.1) is 6.92 Å². The number of hydrogen-bond acceptors (Lipinski definition) is 7. The van der Waals surface area contributed by atoms with E-state index in [2.05, 4.69) is 20.7 Å². The molecule has 0 unspecified atom stereocenters. The molecule has 33 heavy (non-hydrogen) atoms. The smallest absolute Gasteiger partial charge is 0.223 e. The minimum atomic E-state index is -3.15. The summed E-state index contributed by atoms with van der Waals surface area (Å²) in [6, 6.07) is 6.03. The molecule has 0 aliphatic carbocycles. The Labute approximate surface area is 199 Å². The summed E-state index contributed by atoms with van der Waals surface area (Å²) in [5.74, 6) is 0.524. The van der Waals surface area contributed by atoms with Gasteiger partial charge in [-0.25, -0.2) is 27.4 Å². The maximum absolute atomic E-state index is 11.7. The van der Waals surface area contributed by atoms with E-state index in [0.717, 1.165) is 34.6 Å². The van der Waals surface area contributed by atoms with Crippen molar-refractivity contribution in [2.75, 3.05) is 31.7 Å². The van der Waals surface area contributed by atoms with Crippen LogP contribution in [0.5, 0.6) is 0 Å². The molecule has 0 radical (unpaired) electrons. The standard InChI is InChI=1S/C22H28ClN7O2S/c1-15-11-25-22(27-18-6-8-29(9-7-18)33(3,31)32)28-21(15)17-13-26-30(14-17)20-5-4-16(12-24-2)10-19(20)23/h4-5,10-11,13-14,18,24H,6-9,12H2,1-3H3,(H,25,27,28). The third-order valence-electron chi connectivity index (χ3n) is 5.72. The Hall–Kier alpha value is -2.53. The van der Waals surface area contributed by atoms with Crippen LogP contribution in [-0.4, -0.2) is 64.9 Å². The van der Waals surface area contributed by atoms with Crippen LogP contribution in [0.2, 0.25) is 5.02 Å². The molecule has 2 aromatic heterocycles. The summed E-state index contributed by atoms with van der Waals surface area (Å²) in [6.45, 7) is 3.69. The molecular formula is C22H28ClN7O2S. The number of hydrogen-bond donors (Lipinski definition) is 2. The predicted octanol–water partition coefficient (Wildman–Crippen LogP) is 2.85. The average Bonchev–Trinajstić information content (AvgIpc) is 3.25. The van der Waals surface area contributed by atoms with Crippen molar-refractivity contribution < 1.29 is 8.42 Å². The van der Waals surface area contributed by atoms with E-state index in [1.54, 1.807) is 17.1 Å². The van der Waals surface area contributed by atoms with Gasteiger partial charge in [-0.05, 0) is 50.1 Å². The fourth-order valence-corrected chi connectivity index (χ4v) is 5.11. The van der Waals surface area contributed by atoms with Crippen molar-refractivity contribution in [1.82, 2.24) is 29.4 Å². The lowest BCUT2D eigenvalue weighted by Gasteiger charge is -2.30. The van der Waals surface area contributed by atoms with Gasteiger partial charge >= 0.3 is 0 Å². The molecule has 1 fully saturated rings. The molecule has 0 amide bonds. The summed E-state index contributed by atoms with van der Waals surface area (Å²) in [4.78, 5) is 9.15. The summed E-state index contributed by atoms with van der Waals surface area (Å²) >= 11 is 6.49. The Morgan fingerprint density at radius 2 is 1.97 bits per heavy atom. The Balaban J connectivity index is 1.51. The highest BCUT2D eigenvalue weighted by Crippen LogP contribution is 2.26. The zero-order valence-electron chi connectivity index (χ0n) is 18.9. The van der Waals surface area contributed by atoms with E-state index in [0.29, 0.717) is 36.9 Å². The van der Waals surface area contributed by atoms with Crippen LogP contribution in [0.1, 0.15) is 24.0 Å². The second-order valence-corrected chi connectivity index (χ2v) is 10.7. The highest BCUT2D eigenvalue weighted by molar-refractivity contribution is 7.88. The van der Waals surface area contributed by atoms with Gasteiger partial charge in [-0.1, -0.05) is 17.7 Å². The molecule has 3 aromatic rings. The first-order chi connectivity index (χ1) is 15.7. The molecule has 4 rings (SSSR count). The molecule has 9 nitrogen and oxygen atoms in total. The fourth-order valence-electron chi connectivity index (χ4n) is 3.95. The van der Waals surface area contributed by atoms with Crippen LogP contribution in [0.25, 0.3) is 16.9 Å². The number of nitrogens with zero attached hydrogens (tertiary/aromatic N) is 5. The molecule has 1 saturated heterocycles. The van der Waals surface area contributed by atoms with E-state index in [9.17, 15) is 8.42 Å². The van der Waals surface area contributed by atoms with Crippen LogP contribution in [0.15, 0.2) is 36.8 Å². The normalized spacial score (nSPS) is 15.6. The molecule has 1 aromatic carbocycles. The molecule has 11 heteroatoms. The molecule has 0 bridgehead atoms. The van der Waals surface area contributed by atoms with E-state index in [-0.39, 0.29) is 6.04 Å². The quantitative estimate of drug-likeness (QED) is 0.525. The Kier molecular flexibility index (Phi) is 6.99. The van der Waals surface area contributed by atoms with Gasteiger partial charge in [0.25, 0.3) is 0 Å². The van der Waals surface area contributed by atoms with Crippen LogP contribution < -0.4 is 10.6 Å². The molecule has 0 spiro atoms. The third-order valence-corrected chi connectivity index (χ3v) is 7.33. The SMILES string of the molecule is CNCc1ccc(-n2cc(-c3nc(NC4CCN(S(C)(=O)=O)CC4)ncc3C)cn2)c(Cl)c1. The summed E-state index contributed by atoms with van der Waals surface area (Å²) in [6.07, 6.45) is 8.12. The highest BCUT2D eigenvalue weighted by atomic mass is 35.5.